The van der Waals surface area contributed by atoms with E-state index in [0.717, 1.165) is 69.3 Å². The van der Waals surface area contributed by atoms with Crippen molar-refractivity contribution < 1.29 is 0 Å². The van der Waals surface area contributed by atoms with E-state index in [0.29, 0.717) is 5.92 Å². The van der Waals surface area contributed by atoms with Crippen molar-refractivity contribution in [1.82, 2.24) is 16.2 Å². The van der Waals surface area contributed by atoms with Crippen molar-refractivity contribution in [3.63, 3.8) is 0 Å². The van der Waals surface area contributed by atoms with Gasteiger partial charge < -0.3 is 16.2 Å². The van der Waals surface area contributed by atoms with Gasteiger partial charge >= 0.3 is 0 Å². The highest BCUT2D eigenvalue weighted by molar-refractivity contribution is 7.25. The molecule has 5 nitrogen and oxygen atoms in total. The lowest BCUT2D eigenvalue weighted by Crippen LogP contribution is -2.36. The number of amidine groups is 2. The van der Waals surface area contributed by atoms with Crippen LogP contribution in [0.25, 0.3) is 42.7 Å². The van der Waals surface area contributed by atoms with Crippen LogP contribution in [0, 0.1) is 11.3 Å². The highest BCUT2D eigenvalue weighted by Gasteiger charge is 2.57. The van der Waals surface area contributed by atoms with Crippen LogP contribution in [-0.2, 0) is 0 Å². The zero-order chi connectivity index (χ0) is 33.8. The molecule has 51 heavy (non-hydrogen) atoms. The molecule has 2 aliphatic heterocycles. The second-order valence-electron chi connectivity index (χ2n) is 13.7. The summed E-state index contributed by atoms with van der Waals surface area (Å²) in [5.41, 5.74) is 15.6. The first-order valence-corrected chi connectivity index (χ1v) is 18.4. The summed E-state index contributed by atoms with van der Waals surface area (Å²) in [4.78, 5) is 10.8. The van der Waals surface area contributed by atoms with Gasteiger partial charge in [-0.1, -0.05) is 127 Å². The fourth-order valence-electron chi connectivity index (χ4n) is 7.72. The molecule has 5 aromatic carbocycles. The fourth-order valence-corrected chi connectivity index (χ4v) is 8.85. The van der Waals surface area contributed by atoms with Crippen LogP contribution in [0.2, 0.25) is 0 Å². The molecule has 0 radical (unpaired) electrons. The monoisotopic (exact) mass is 677 g/mol. The number of rotatable bonds is 6. The molecule has 0 bridgehead atoms. The highest BCUT2D eigenvalue weighted by Crippen LogP contribution is 2.59. The van der Waals surface area contributed by atoms with Gasteiger partial charge in [0.2, 0.25) is 0 Å². The van der Waals surface area contributed by atoms with Gasteiger partial charge in [0.15, 0.2) is 0 Å². The first-order valence-electron chi connectivity index (χ1n) is 17.6. The number of nitrogens with one attached hydrogen (secondary N) is 3. The third-order valence-corrected chi connectivity index (χ3v) is 11.8. The number of aliphatic imine (C=N–C) groups is 2. The lowest BCUT2D eigenvalue weighted by Gasteiger charge is -2.28. The molecule has 1 aromatic heterocycles. The second-order valence-corrected chi connectivity index (χ2v) is 14.8. The van der Waals surface area contributed by atoms with E-state index >= 15 is 0 Å². The Hall–Kier alpha value is -5.98. The van der Waals surface area contributed by atoms with Crippen molar-refractivity contribution >= 4 is 54.6 Å². The van der Waals surface area contributed by atoms with Crippen molar-refractivity contribution in [2.45, 2.75) is 19.0 Å². The van der Waals surface area contributed by atoms with Crippen LogP contribution >= 0.6 is 11.3 Å². The van der Waals surface area contributed by atoms with Crippen molar-refractivity contribution in [2.24, 2.45) is 21.3 Å². The first kappa shape index (κ1) is 29.9. The van der Waals surface area contributed by atoms with E-state index in [1.807, 2.05) is 17.4 Å². The molecule has 1 fully saturated rings. The molecule has 1 saturated carbocycles. The summed E-state index contributed by atoms with van der Waals surface area (Å²) < 4.78 is 2.56. The number of nitrogens with zero attached hydrogens (tertiary/aromatic N) is 2. The third-order valence-electron chi connectivity index (χ3n) is 10.6. The Bertz CT molecular complexity index is 2500. The predicted octanol–water partition coefficient (Wildman–Crippen LogP) is 10.2. The number of hydrazine groups is 1. The summed E-state index contributed by atoms with van der Waals surface area (Å²) in [5, 5.41) is 6.32. The minimum atomic E-state index is -0.226. The minimum absolute atomic E-state index is 0.0611. The lowest BCUT2D eigenvalue weighted by atomic mass is 9.93. The standard InChI is InChI=1S/C45H35N5S/c1-4-12-30(13-5-1)38-23-24-39(50-49-38)31-21-19-29(20-22-31)35-27-41-36(34-17-9-10-18-40(34)51-41)26-37(35)43-46-42(32-14-6-2-7-15-32)47-44(48-43)45-25-11-3-8-16-33(45)28-45/h1-24,26-27,33,42,49-50H,25,28H2,(H,46,47,48). The van der Waals surface area contributed by atoms with Gasteiger partial charge in [-0.25, -0.2) is 9.98 Å². The molecule has 10 rings (SSSR count). The summed E-state index contributed by atoms with van der Waals surface area (Å²) >= 11 is 1.85. The molecule has 6 heteroatoms. The molecule has 0 amide bonds. The zero-order valence-electron chi connectivity index (χ0n) is 27.9. The van der Waals surface area contributed by atoms with Gasteiger partial charge in [0.05, 0.1) is 11.4 Å². The molecule has 3 N–H and O–H groups in total. The molecule has 3 atom stereocenters. The molecule has 2 aliphatic carbocycles. The zero-order valence-corrected chi connectivity index (χ0v) is 28.7. The quantitative estimate of drug-likeness (QED) is 0.164. The Kier molecular flexibility index (Phi) is 7.10. The van der Waals surface area contributed by atoms with Gasteiger partial charge in [-0.3, -0.25) is 0 Å². The molecule has 6 aromatic rings. The SMILES string of the molecule is C1=CCC2(C3=NC(c4ccccc4)NC(c4cc5c(cc4-c4ccc(C6=CC=C(c7ccccc7)NN6)cc4)sc4ccccc45)=N3)CC2C=C1. The van der Waals surface area contributed by atoms with E-state index in [2.05, 4.69) is 168 Å². The van der Waals surface area contributed by atoms with E-state index in [-0.39, 0.29) is 11.6 Å². The Balaban J connectivity index is 1.09. The number of allylic oxidation sites excluding steroid dienone is 6. The Morgan fingerprint density at radius 2 is 1.35 bits per heavy atom. The summed E-state index contributed by atoms with van der Waals surface area (Å²) in [6.45, 7) is 0. The molecule has 3 heterocycles. The van der Waals surface area contributed by atoms with Gasteiger partial charge in [0, 0.05) is 31.2 Å². The summed E-state index contributed by atoms with van der Waals surface area (Å²) in [7, 11) is 0. The van der Waals surface area contributed by atoms with Crippen LogP contribution in [-0.4, -0.2) is 11.7 Å². The molecule has 0 saturated heterocycles. The smallest absolute Gasteiger partial charge is 0.147 e. The van der Waals surface area contributed by atoms with Crippen LogP contribution in [0.1, 0.15) is 41.3 Å². The van der Waals surface area contributed by atoms with Gasteiger partial charge in [0.1, 0.15) is 17.8 Å². The molecule has 4 aliphatic rings. The molecular formula is C45H35N5S. The largest absolute Gasteiger partial charge is 0.344 e. The van der Waals surface area contributed by atoms with Crippen LogP contribution < -0.4 is 16.2 Å². The van der Waals surface area contributed by atoms with Gasteiger partial charge in [-0.05, 0) is 76.9 Å². The van der Waals surface area contributed by atoms with E-state index in [1.54, 1.807) is 0 Å². The Morgan fingerprint density at radius 1 is 0.647 bits per heavy atom. The number of benzene rings is 5. The summed E-state index contributed by atoms with van der Waals surface area (Å²) in [6, 6.07) is 43.2. The summed E-state index contributed by atoms with van der Waals surface area (Å²) in [5.74, 6) is 2.28. The number of fused-ring (bicyclic) bond motifs is 4. The second kappa shape index (κ2) is 12.1. The van der Waals surface area contributed by atoms with Crippen LogP contribution in [0.15, 0.2) is 168 Å². The average Bonchev–Trinajstić information content (AvgIpc) is 3.85. The van der Waals surface area contributed by atoms with Gasteiger partial charge in [0.25, 0.3) is 0 Å². The van der Waals surface area contributed by atoms with E-state index < -0.39 is 0 Å². The highest BCUT2D eigenvalue weighted by atomic mass is 32.1. The predicted molar refractivity (Wildman–Crippen MR) is 213 cm³/mol. The van der Waals surface area contributed by atoms with Crippen LogP contribution in [0.4, 0.5) is 0 Å². The topological polar surface area (TPSA) is 60.8 Å². The van der Waals surface area contributed by atoms with Gasteiger partial charge in [-0.2, -0.15) is 0 Å². The Morgan fingerprint density at radius 3 is 2.14 bits per heavy atom. The first-order chi connectivity index (χ1) is 25.2. The van der Waals surface area contributed by atoms with Crippen LogP contribution in [0.5, 0.6) is 0 Å². The van der Waals surface area contributed by atoms with Crippen molar-refractivity contribution in [1.29, 1.82) is 0 Å². The van der Waals surface area contributed by atoms with Crippen molar-refractivity contribution in [2.75, 3.05) is 0 Å². The third kappa shape index (κ3) is 5.31. The molecule has 246 valence electrons. The van der Waals surface area contributed by atoms with E-state index in [9.17, 15) is 0 Å². The number of thiophene rings is 1. The number of hydrogen-bond donors (Lipinski definition) is 3. The molecule has 3 unspecified atom stereocenters. The van der Waals surface area contributed by atoms with Crippen LogP contribution in [0.3, 0.4) is 0 Å². The number of hydrogen-bond acceptors (Lipinski definition) is 6. The normalized spacial score (nSPS) is 22.0. The molecule has 0 spiro atoms. The van der Waals surface area contributed by atoms with Crippen molar-refractivity contribution in [3.05, 3.63) is 180 Å². The average molecular weight is 678 g/mol. The lowest BCUT2D eigenvalue weighted by molar-refractivity contribution is 0.613. The van der Waals surface area contributed by atoms with E-state index in [4.69, 9.17) is 9.98 Å². The Labute approximate surface area is 301 Å². The molecular weight excluding hydrogens is 643 g/mol. The maximum Gasteiger partial charge on any atom is 0.147 e. The maximum atomic E-state index is 5.44. The van der Waals surface area contributed by atoms with Crippen molar-refractivity contribution in [3.8, 4) is 11.1 Å². The maximum absolute atomic E-state index is 5.44. The summed E-state index contributed by atoms with van der Waals surface area (Å²) in [6.07, 6.45) is 15.0. The fraction of sp³-hybridized carbons (Fsp3) is 0.111. The van der Waals surface area contributed by atoms with E-state index in [1.165, 1.54) is 20.2 Å². The minimum Gasteiger partial charge on any atom is -0.344 e. The van der Waals surface area contributed by atoms with Gasteiger partial charge in [-0.15, -0.1) is 11.3 Å².